The van der Waals surface area contributed by atoms with Gasteiger partial charge in [-0.05, 0) is 48.7 Å². The molecule has 2 aromatic rings. The van der Waals surface area contributed by atoms with Crippen LogP contribution in [0.25, 0.3) is 0 Å². The largest absolute Gasteiger partial charge is 0.494 e. The standard InChI is InChI=1S/C22H26N2O3/c1-3-27-20-12-8-17(9-13-20)15-23(2)22(26)19-10-6-18(7-11-19)16-24-14-4-5-21(24)25/h6-13H,3-5,14-16H2,1-2H3. The fraction of sp³-hybridized carbons (Fsp3) is 0.364. The van der Waals surface area contributed by atoms with E-state index in [4.69, 9.17) is 4.74 Å². The first kappa shape index (κ1) is 19.0. The number of nitrogens with zero attached hydrogens (tertiary/aromatic N) is 2. The summed E-state index contributed by atoms with van der Waals surface area (Å²) in [5, 5.41) is 0. The van der Waals surface area contributed by atoms with Crippen molar-refractivity contribution in [1.29, 1.82) is 0 Å². The molecule has 0 saturated carbocycles. The highest BCUT2D eigenvalue weighted by molar-refractivity contribution is 5.94. The Hall–Kier alpha value is -2.82. The normalized spacial score (nSPS) is 13.7. The van der Waals surface area contributed by atoms with E-state index in [2.05, 4.69) is 0 Å². The molecule has 0 N–H and O–H groups in total. The third kappa shape index (κ3) is 4.88. The molecule has 0 radical (unpaired) electrons. The molecular weight excluding hydrogens is 340 g/mol. The van der Waals surface area contributed by atoms with Gasteiger partial charge in [-0.1, -0.05) is 24.3 Å². The van der Waals surface area contributed by atoms with E-state index in [1.807, 2.05) is 60.4 Å². The molecule has 0 unspecified atom stereocenters. The molecule has 27 heavy (non-hydrogen) atoms. The van der Waals surface area contributed by atoms with Crippen molar-refractivity contribution < 1.29 is 14.3 Å². The molecule has 3 rings (SSSR count). The number of hydrogen-bond donors (Lipinski definition) is 0. The molecule has 0 atom stereocenters. The topological polar surface area (TPSA) is 49.9 Å². The van der Waals surface area contributed by atoms with E-state index in [9.17, 15) is 9.59 Å². The first-order valence-corrected chi connectivity index (χ1v) is 9.40. The molecule has 1 aliphatic heterocycles. The fourth-order valence-corrected chi connectivity index (χ4v) is 3.27. The number of amides is 2. The van der Waals surface area contributed by atoms with Crippen LogP contribution in [-0.2, 0) is 17.9 Å². The number of hydrogen-bond acceptors (Lipinski definition) is 3. The highest BCUT2D eigenvalue weighted by Crippen LogP contribution is 2.17. The summed E-state index contributed by atoms with van der Waals surface area (Å²) in [6.07, 6.45) is 1.58. The molecule has 0 aromatic heterocycles. The number of benzene rings is 2. The lowest BCUT2D eigenvalue weighted by atomic mass is 10.1. The van der Waals surface area contributed by atoms with E-state index in [1.54, 1.807) is 11.9 Å². The summed E-state index contributed by atoms with van der Waals surface area (Å²) < 4.78 is 5.44. The fourth-order valence-electron chi connectivity index (χ4n) is 3.27. The van der Waals surface area contributed by atoms with Crippen molar-refractivity contribution in [3.63, 3.8) is 0 Å². The molecule has 0 aliphatic carbocycles. The van der Waals surface area contributed by atoms with E-state index in [-0.39, 0.29) is 11.8 Å². The van der Waals surface area contributed by atoms with Crippen LogP contribution >= 0.6 is 0 Å². The summed E-state index contributed by atoms with van der Waals surface area (Å²) in [6.45, 7) is 4.57. The molecule has 5 heteroatoms. The lowest BCUT2D eigenvalue weighted by Crippen LogP contribution is -2.26. The van der Waals surface area contributed by atoms with Crippen molar-refractivity contribution in [2.45, 2.75) is 32.9 Å². The maximum Gasteiger partial charge on any atom is 0.253 e. The van der Waals surface area contributed by atoms with E-state index < -0.39 is 0 Å². The van der Waals surface area contributed by atoms with Crippen LogP contribution in [0, 0.1) is 0 Å². The molecular formula is C22H26N2O3. The van der Waals surface area contributed by atoms with E-state index in [0.717, 1.165) is 29.8 Å². The average molecular weight is 366 g/mol. The maximum atomic E-state index is 12.7. The smallest absolute Gasteiger partial charge is 0.253 e. The molecule has 2 amide bonds. The molecule has 1 fully saturated rings. The van der Waals surface area contributed by atoms with E-state index >= 15 is 0 Å². The molecule has 2 aromatic carbocycles. The van der Waals surface area contributed by atoms with Crippen molar-refractivity contribution in [3.05, 3.63) is 65.2 Å². The van der Waals surface area contributed by atoms with Crippen molar-refractivity contribution in [1.82, 2.24) is 9.80 Å². The third-order valence-corrected chi connectivity index (χ3v) is 4.75. The quantitative estimate of drug-likeness (QED) is 0.754. The Labute approximate surface area is 160 Å². The van der Waals surface area contributed by atoms with E-state index in [1.165, 1.54) is 0 Å². The number of rotatable bonds is 7. The molecule has 5 nitrogen and oxygen atoms in total. The number of carbonyl (C=O) groups excluding carboxylic acids is 2. The monoisotopic (exact) mass is 366 g/mol. The highest BCUT2D eigenvalue weighted by Gasteiger charge is 2.20. The van der Waals surface area contributed by atoms with Crippen molar-refractivity contribution >= 4 is 11.8 Å². The van der Waals surface area contributed by atoms with Gasteiger partial charge in [0.15, 0.2) is 0 Å². The van der Waals surface area contributed by atoms with Gasteiger partial charge >= 0.3 is 0 Å². The Kier molecular flexibility index (Phi) is 6.12. The second-order valence-corrected chi connectivity index (χ2v) is 6.85. The van der Waals surface area contributed by atoms with Gasteiger partial charge in [-0.15, -0.1) is 0 Å². The Bertz CT molecular complexity index is 784. The van der Waals surface area contributed by atoms with Crippen LogP contribution in [-0.4, -0.2) is 41.8 Å². The summed E-state index contributed by atoms with van der Waals surface area (Å²) >= 11 is 0. The Morgan fingerprint density at radius 3 is 2.33 bits per heavy atom. The molecule has 0 spiro atoms. The summed E-state index contributed by atoms with van der Waals surface area (Å²) in [6, 6.07) is 15.3. The Morgan fingerprint density at radius 1 is 1.07 bits per heavy atom. The molecule has 0 bridgehead atoms. The van der Waals surface area contributed by atoms with Gasteiger partial charge in [-0.25, -0.2) is 0 Å². The number of carbonyl (C=O) groups is 2. The summed E-state index contributed by atoms with van der Waals surface area (Å²) in [7, 11) is 1.80. The third-order valence-electron chi connectivity index (χ3n) is 4.75. The zero-order valence-corrected chi connectivity index (χ0v) is 16.0. The van der Waals surface area contributed by atoms with Crippen molar-refractivity contribution in [3.8, 4) is 5.75 Å². The highest BCUT2D eigenvalue weighted by atomic mass is 16.5. The minimum atomic E-state index is -0.0207. The maximum absolute atomic E-state index is 12.7. The molecule has 142 valence electrons. The van der Waals surface area contributed by atoms with Gasteiger partial charge in [0.1, 0.15) is 5.75 Å². The SMILES string of the molecule is CCOc1ccc(CN(C)C(=O)c2ccc(CN3CCCC3=O)cc2)cc1. The average Bonchev–Trinajstić information content (AvgIpc) is 3.08. The number of likely N-dealkylation sites (tertiary alicyclic amines) is 1. The van der Waals surface area contributed by atoms with Crippen LogP contribution < -0.4 is 4.74 Å². The first-order valence-electron chi connectivity index (χ1n) is 9.40. The van der Waals surface area contributed by atoms with Gasteiger partial charge in [-0.3, -0.25) is 9.59 Å². The summed E-state index contributed by atoms with van der Waals surface area (Å²) in [5.41, 5.74) is 2.76. The second kappa shape index (κ2) is 8.71. The first-order chi connectivity index (χ1) is 13.1. The van der Waals surface area contributed by atoms with Crippen LogP contribution in [0.3, 0.4) is 0 Å². The van der Waals surface area contributed by atoms with Gasteiger partial charge in [-0.2, -0.15) is 0 Å². The lowest BCUT2D eigenvalue weighted by Gasteiger charge is -2.19. The van der Waals surface area contributed by atoms with Gasteiger partial charge < -0.3 is 14.5 Å². The zero-order valence-electron chi connectivity index (χ0n) is 16.0. The Balaban J connectivity index is 1.58. The van der Waals surface area contributed by atoms with Crippen LogP contribution in [0.1, 0.15) is 41.3 Å². The zero-order chi connectivity index (χ0) is 19.2. The van der Waals surface area contributed by atoms with Crippen molar-refractivity contribution in [2.24, 2.45) is 0 Å². The van der Waals surface area contributed by atoms with Crippen LogP contribution in [0.2, 0.25) is 0 Å². The minimum absolute atomic E-state index is 0.0207. The van der Waals surface area contributed by atoms with Crippen molar-refractivity contribution in [2.75, 3.05) is 20.2 Å². The minimum Gasteiger partial charge on any atom is -0.494 e. The predicted molar refractivity (Wildman–Crippen MR) is 105 cm³/mol. The van der Waals surface area contributed by atoms with Crippen LogP contribution in [0.4, 0.5) is 0 Å². The van der Waals surface area contributed by atoms with Gasteiger partial charge in [0.25, 0.3) is 5.91 Å². The second-order valence-electron chi connectivity index (χ2n) is 6.85. The summed E-state index contributed by atoms with van der Waals surface area (Å²) in [4.78, 5) is 28.0. The molecule has 1 saturated heterocycles. The summed E-state index contributed by atoms with van der Waals surface area (Å²) in [5.74, 6) is 1.03. The van der Waals surface area contributed by atoms with Crippen LogP contribution in [0.15, 0.2) is 48.5 Å². The van der Waals surface area contributed by atoms with Gasteiger partial charge in [0.2, 0.25) is 5.91 Å². The number of ether oxygens (including phenoxy) is 1. The molecule has 1 heterocycles. The predicted octanol–water partition coefficient (Wildman–Crippen LogP) is 3.48. The lowest BCUT2D eigenvalue weighted by molar-refractivity contribution is -0.128. The van der Waals surface area contributed by atoms with Gasteiger partial charge in [0, 0.05) is 38.7 Å². The van der Waals surface area contributed by atoms with Gasteiger partial charge in [0.05, 0.1) is 6.61 Å². The Morgan fingerprint density at radius 2 is 1.74 bits per heavy atom. The van der Waals surface area contributed by atoms with Crippen LogP contribution in [0.5, 0.6) is 5.75 Å². The molecule has 1 aliphatic rings. The van der Waals surface area contributed by atoms with E-state index in [0.29, 0.717) is 31.7 Å².